The lowest BCUT2D eigenvalue weighted by molar-refractivity contribution is 0.211. The van der Waals surface area contributed by atoms with Gasteiger partial charge in [0.25, 0.3) is 0 Å². The van der Waals surface area contributed by atoms with Crippen LogP contribution in [-0.2, 0) is 0 Å². The average molecular weight is 279 g/mol. The molecule has 2 aromatic rings. The van der Waals surface area contributed by atoms with E-state index in [1.807, 2.05) is 6.07 Å². The van der Waals surface area contributed by atoms with Crippen LogP contribution in [0.4, 0.5) is 0 Å². The average Bonchev–Trinajstić information content (AvgIpc) is 2.57. The molecule has 1 unspecified atom stereocenters. The summed E-state index contributed by atoms with van der Waals surface area (Å²) in [7, 11) is 0. The van der Waals surface area contributed by atoms with Crippen molar-refractivity contribution in [2.45, 2.75) is 32.2 Å². The van der Waals surface area contributed by atoms with Crippen molar-refractivity contribution >= 4 is 26.8 Å². The summed E-state index contributed by atoms with van der Waals surface area (Å²) in [5.74, 6) is 0.831. The minimum Gasteiger partial charge on any atom is -0.268 e. The number of fused-ring (bicyclic) bond motifs is 1. The fraction of sp³-hybridized carbons (Fsp3) is 0.462. The summed E-state index contributed by atoms with van der Waals surface area (Å²) >= 11 is 3.50. The quantitative estimate of drug-likeness (QED) is 0.807. The van der Waals surface area contributed by atoms with Gasteiger partial charge in [-0.05, 0) is 43.9 Å². The smallest absolute Gasteiger partial charge is 0.0924 e. The lowest BCUT2D eigenvalue weighted by Gasteiger charge is -2.31. The molecule has 3 rings (SSSR count). The number of hydrogen-bond donors (Lipinski definition) is 0. The highest BCUT2D eigenvalue weighted by Crippen LogP contribution is 2.36. The van der Waals surface area contributed by atoms with Gasteiger partial charge in [-0.2, -0.15) is 5.10 Å². The molecule has 0 amide bonds. The van der Waals surface area contributed by atoms with Crippen LogP contribution in [0.5, 0.6) is 0 Å². The third-order valence-electron chi connectivity index (χ3n) is 3.73. The third-order valence-corrected chi connectivity index (χ3v) is 4.23. The molecule has 0 radical (unpaired) electrons. The maximum absolute atomic E-state index is 4.65. The van der Waals surface area contributed by atoms with Crippen LogP contribution < -0.4 is 0 Å². The maximum atomic E-state index is 4.65. The molecule has 0 saturated heterocycles. The van der Waals surface area contributed by atoms with Crippen LogP contribution in [0.1, 0.15) is 32.2 Å². The molecule has 0 spiro atoms. The molecule has 1 aliphatic carbocycles. The number of hydrogen-bond acceptors (Lipinski definition) is 1. The van der Waals surface area contributed by atoms with Crippen molar-refractivity contribution in [1.82, 2.24) is 9.78 Å². The van der Waals surface area contributed by atoms with Crippen molar-refractivity contribution in [2.75, 3.05) is 0 Å². The summed E-state index contributed by atoms with van der Waals surface area (Å²) in [6.07, 6.45) is 6.28. The Morgan fingerprint density at radius 3 is 2.94 bits per heavy atom. The molecule has 0 N–H and O–H groups in total. The van der Waals surface area contributed by atoms with Crippen molar-refractivity contribution in [3.05, 3.63) is 28.9 Å². The number of rotatable bonds is 2. The van der Waals surface area contributed by atoms with Crippen LogP contribution >= 0.6 is 15.9 Å². The number of aromatic nitrogens is 2. The summed E-state index contributed by atoms with van der Waals surface area (Å²) in [6.45, 7) is 2.28. The first kappa shape index (κ1) is 10.3. The van der Waals surface area contributed by atoms with Gasteiger partial charge in [-0.25, -0.2) is 0 Å². The second-order valence-corrected chi connectivity index (χ2v) is 5.66. The summed E-state index contributed by atoms with van der Waals surface area (Å²) in [6, 6.07) is 6.79. The number of benzene rings is 1. The molecule has 1 aliphatic rings. The third kappa shape index (κ3) is 1.67. The van der Waals surface area contributed by atoms with Crippen molar-refractivity contribution < 1.29 is 0 Å². The highest BCUT2D eigenvalue weighted by molar-refractivity contribution is 9.10. The summed E-state index contributed by atoms with van der Waals surface area (Å²) in [5, 5.41) is 5.88. The minimum atomic E-state index is 0.542. The second-order valence-electron chi connectivity index (χ2n) is 4.74. The molecular weight excluding hydrogens is 264 g/mol. The molecular formula is C13H15BrN2. The summed E-state index contributed by atoms with van der Waals surface area (Å²) in [4.78, 5) is 0. The van der Waals surface area contributed by atoms with Crippen molar-refractivity contribution in [3.63, 3.8) is 0 Å². The van der Waals surface area contributed by atoms with Crippen LogP contribution in [-0.4, -0.2) is 9.78 Å². The van der Waals surface area contributed by atoms with E-state index in [9.17, 15) is 0 Å². The first-order valence-corrected chi connectivity index (χ1v) is 6.68. The summed E-state index contributed by atoms with van der Waals surface area (Å²) in [5.41, 5.74) is 1.09. The van der Waals surface area contributed by atoms with Gasteiger partial charge >= 0.3 is 0 Å². The van der Waals surface area contributed by atoms with Crippen LogP contribution in [0.25, 0.3) is 10.9 Å². The second kappa shape index (κ2) is 3.88. The Balaban J connectivity index is 1.97. The van der Waals surface area contributed by atoms with Crippen molar-refractivity contribution in [3.8, 4) is 0 Å². The zero-order valence-electron chi connectivity index (χ0n) is 9.36. The largest absolute Gasteiger partial charge is 0.268 e. The van der Waals surface area contributed by atoms with Gasteiger partial charge in [0.2, 0.25) is 0 Å². The maximum Gasteiger partial charge on any atom is 0.0924 e. The van der Waals surface area contributed by atoms with E-state index < -0.39 is 0 Å². The van der Waals surface area contributed by atoms with Crippen molar-refractivity contribution in [1.29, 1.82) is 0 Å². The molecule has 16 heavy (non-hydrogen) atoms. The molecule has 84 valence electrons. The van der Waals surface area contributed by atoms with E-state index in [2.05, 4.69) is 51.0 Å². The molecule has 3 heteroatoms. The Hall–Kier alpha value is -0.830. The van der Waals surface area contributed by atoms with Gasteiger partial charge in [0.1, 0.15) is 0 Å². The Bertz CT molecular complexity index is 514. The highest BCUT2D eigenvalue weighted by Gasteiger charge is 2.25. The van der Waals surface area contributed by atoms with Crippen LogP contribution in [0.15, 0.2) is 28.9 Å². The molecule has 1 atom stereocenters. The Morgan fingerprint density at radius 2 is 2.25 bits per heavy atom. The van der Waals surface area contributed by atoms with Crippen LogP contribution in [0, 0.1) is 5.92 Å². The van der Waals surface area contributed by atoms with Gasteiger partial charge in [0.15, 0.2) is 0 Å². The molecule has 0 bridgehead atoms. The van der Waals surface area contributed by atoms with Crippen molar-refractivity contribution in [2.24, 2.45) is 5.92 Å². The van der Waals surface area contributed by atoms with Crippen LogP contribution in [0.2, 0.25) is 0 Å². The Morgan fingerprint density at radius 1 is 1.44 bits per heavy atom. The SMILES string of the molecule is CC(C1CCC1)n1cc2cc(Br)ccc2n1. The fourth-order valence-corrected chi connectivity index (χ4v) is 2.74. The highest BCUT2D eigenvalue weighted by atomic mass is 79.9. The molecule has 1 aromatic carbocycles. The molecule has 2 nitrogen and oxygen atoms in total. The standard InChI is InChI=1S/C13H15BrN2/c1-9(10-3-2-4-10)16-8-11-7-12(14)5-6-13(11)15-16/h5-10H,2-4H2,1H3. The molecule has 1 aromatic heterocycles. The lowest BCUT2D eigenvalue weighted by atomic mass is 9.80. The first-order valence-electron chi connectivity index (χ1n) is 5.88. The number of nitrogens with zero attached hydrogens (tertiary/aromatic N) is 2. The molecule has 1 heterocycles. The van der Waals surface area contributed by atoms with Gasteiger partial charge in [0.05, 0.1) is 11.6 Å². The minimum absolute atomic E-state index is 0.542. The first-order chi connectivity index (χ1) is 7.74. The molecule has 1 saturated carbocycles. The van der Waals surface area contributed by atoms with Crippen LogP contribution in [0.3, 0.4) is 0 Å². The predicted octanol–water partition coefficient (Wildman–Crippen LogP) is 4.16. The van der Waals surface area contributed by atoms with Gasteiger partial charge in [-0.1, -0.05) is 22.4 Å². The van der Waals surface area contributed by atoms with Gasteiger partial charge in [-0.3, -0.25) is 4.68 Å². The summed E-state index contributed by atoms with van der Waals surface area (Å²) < 4.78 is 3.26. The van der Waals surface area contributed by atoms with E-state index in [4.69, 9.17) is 0 Å². The lowest BCUT2D eigenvalue weighted by Crippen LogP contribution is -2.23. The molecule has 1 fully saturated rings. The monoisotopic (exact) mass is 278 g/mol. The van der Waals surface area contributed by atoms with E-state index in [0.29, 0.717) is 6.04 Å². The fourth-order valence-electron chi connectivity index (χ4n) is 2.36. The van der Waals surface area contributed by atoms with E-state index in [0.717, 1.165) is 15.9 Å². The zero-order chi connectivity index (χ0) is 11.1. The Kier molecular flexibility index (Phi) is 2.51. The zero-order valence-corrected chi connectivity index (χ0v) is 10.9. The van der Waals surface area contributed by atoms with Gasteiger partial charge < -0.3 is 0 Å². The van der Waals surface area contributed by atoms with E-state index >= 15 is 0 Å². The van der Waals surface area contributed by atoms with E-state index in [-0.39, 0.29) is 0 Å². The van der Waals surface area contributed by atoms with E-state index in [1.54, 1.807) is 0 Å². The number of halogens is 1. The van der Waals surface area contributed by atoms with Gasteiger partial charge in [0, 0.05) is 16.1 Å². The predicted molar refractivity (Wildman–Crippen MR) is 69.5 cm³/mol. The topological polar surface area (TPSA) is 17.8 Å². The van der Waals surface area contributed by atoms with Gasteiger partial charge in [-0.15, -0.1) is 0 Å². The Labute approximate surface area is 104 Å². The normalized spacial score (nSPS) is 18.6. The van der Waals surface area contributed by atoms with E-state index in [1.165, 1.54) is 24.6 Å². The molecule has 0 aliphatic heterocycles.